The molecule has 0 saturated carbocycles. The van der Waals surface area contributed by atoms with Crippen molar-refractivity contribution in [1.82, 2.24) is 9.38 Å². The second-order valence-electron chi connectivity index (χ2n) is 7.68. The minimum absolute atomic E-state index is 0.0168. The van der Waals surface area contributed by atoms with Crippen LogP contribution < -0.4 is 10.5 Å². The summed E-state index contributed by atoms with van der Waals surface area (Å²) in [5, 5.41) is 9.71. The Hall–Kier alpha value is -3.48. The van der Waals surface area contributed by atoms with Crippen LogP contribution in [0.1, 0.15) is 19.4 Å². The van der Waals surface area contributed by atoms with Crippen LogP contribution in [0.2, 0.25) is 0 Å². The molecule has 0 radical (unpaired) electrons. The predicted octanol–water partition coefficient (Wildman–Crippen LogP) is 2.65. The molecule has 1 fully saturated rings. The van der Waals surface area contributed by atoms with Crippen LogP contribution in [0.4, 0.5) is 5.82 Å². The molecular formula is C23H22N4O4S. The van der Waals surface area contributed by atoms with Crippen molar-refractivity contribution in [2.75, 3.05) is 18.0 Å². The number of fused-ring (bicyclic) bond motifs is 1. The van der Waals surface area contributed by atoms with Crippen LogP contribution in [0.3, 0.4) is 0 Å². The van der Waals surface area contributed by atoms with Gasteiger partial charge in [-0.2, -0.15) is 5.26 Å². The number of benzene rings is 1. The lowest BCUT2D eigenvalue weighted by atomic mass is 10.2. The van der Waals surface area contributed by atoms with E-state index in [4.69, 9.17) is 4.74 Å². The molecule has 3 aromatic rings. The summed E-state index contributed by atoms with van der Waals surface area (Å²) in [6.45, 7) is 4.81. The van der Waals surface area contributed by atoms with E-state index in [1.54, 1.807) is 48.7 Å². The van der Waals surface area contributed by atoms with Gasteiger partial charge in [-0.3, -0.25) is 9.20 Å². The van der Waals surface area contributed by atoms with E-state index in [1.807, 2.05) is 18.7 Å². The highest BCUT2D eigenvalue weighted by Crippen LogP contribution is 2.26. The molecule has 0 spiro atoms. The van der Waals surface area contributed by atoms with Crippen LogP contribution >= 0.6 is 0 Å². The van der Waals surface area contributed by atoms with Crippen molar-refractivity contribution >= 4 is 27.4 Å². The molecule has 32 heavy (non-hydrogen) atoms. The number of rotatable bonds is 4. The number of nitrogens with zero attached hydrogens (tertiary/aromatic N) is 4. The Kier molecular flexibility index (Phi) is 5.82. The molecule has 1 aromatic carbocycles. The van der Waals surface area contributed by atoms with Gasteiger partial charge in [0.2, 0.25) is 9.84 Å². The smallest absolute Gasteiger partial charge is 0.267 e. The van der Waals surface area contributed by atoms with E-state index >= 15 is 0 Å². The summed E-state index contributed by atoms with van der Waals surface area (Å²) in [5.41, 5.74) is 0.0281. The first-order valence-corrected chi connectivity index (χ1v) is 11.6. The summed E-state index contributed by atoms with van der Waals surface area (Å²) < 4.78 is 33.3. The normalized spacial score (nSPS) is 19.7. The molecule has 1 aliphatic heterocycles. The first-order valence-electron chi connectivity index (χ1n) is 10.1. The number of hydrogen-bond acceptors (Lipinski definition) is 7. The Balaban J connectivity index is 1.95. The molecule has 0 aliphatic carbocycles. The van der Waals surface area contributed by atoms with Gasteiger partial charge in [-0.05, 0) is 44.2 Å². The summed E-state index contributed by atoms with van der Waals surface area (Å²) in [6, 6.07) is 14.6. The van der Waals surface area contributed by atoms with E-state index in [9.17, 15) is 18.5 Å². The molecule has 0 bridgehead atoms. The first-order chi connectivity index (χ1) is 15.3. The van der Waals surface area contributed by atoms with Gasteiger partial charge in [0.05, 0.1) is 22.7 Å². The fraction of sp³-hybridized carbons (Fsp3) is 0.261. The van der Waals surface area contributed by atoms with Gasteiger partial charge in [0.1, 0.15) is 22.4 Å². The molecular weight excluding hydrogens is 428 g/mol. The zero-order valence-corrected chi connectivity index (χ0v) is 18.5. The lowest BCUT2D eigenvalue weighted by Gasteiger charge is -2.36. The zero-order valence-electron chi connectivity index (χ0n) is 17.7. The number of morpholine rings is 1. The standard InChI is InChI=1S/C23H22N4O4S/c1-16-14-26(15-17(2)31-16)22-20(23(28)27-11-7-6-10-21(27)25-22)12-19(13-24)32(29,30)18-8-4-3-5-9-18/h3-12,16-17H,14-15H2,1-2H3/b19-12+/t16-,17+. The topological polar surface area (TPSA) is 105 Å². The van der Waals surface area contributed by atoms with Crippen LogP contribution in [0.5, 0.6) is 0 Å². The molecule has 4 rings (SSSR count). The third-order valence-electron chi connectivity index (χ3n) is 5.20. The molecule has 9 heteroatoms. The van der Waals surface area contributed by atoms with Crippen molar-refractivity contribution in [3.63, 3.8) is 0 Å². The molecule has 3 heterocycles. The van der Waals surface area contributed by atoms with Crippen molar-refractivity contribution in [3.05, 3.63) is 75.6 Å². The summed E-state index contributed by atoms with van der Waals surface area (Å²) in [5.74, 6) is 0.333. The van der Waals surface area contributed by atoms with Gasteiger partial charge >= 0.3 is 0 Å². The van der Waals surface area contributed by atoms with E-state index in [0.29, 0.717) is 24.6 Å². The van der Waals surface area contributed by atoms with Crippen molar-refractivity contribution in [2.24, 2.45) is 0 Å². The molecule has 0 N–H and O–H groups in total. The van der Waals surface area contributed by atoms with Crippen LogP contribution in [-0.2, 0) is 14.6 Å². The van der Waals surface area contributed by atoms with Gasteiger partial charge in [-0.15, -0.1) is 0 Å². The van der Waals surface area contributed by atoms with Gasteiger partial charge < -0.3 is 9.64 Å². The second-order valence-corrected chi connectivity index (χ2v) is 9.60. The van der Waals surface area contributed by atoms with Gasteiger partial charge in [0.25, 0.3) is 5.56 Å². The molecule has 164 valence electrons. The van der Waals surface area contributed by atoms with Gasteiger partial charge in [-0.1, -0.05) is 24.3 Å². The lowest BCUT2D eigenvalue weighted by molar-refractivity contribution is -0.00546. The molecule has 0 amide bonds. The third kappa shape index (κ3) is 4.02. The molecule has 0 unspecified atom stereocenters. The quantitative estimate of drug-likeness (QED) is 0.563. The summed E-state index contributed by atoms with van der Waals surface area (Å²) in [7, 11) is -4.11. The zero-order chi connectivity index (χ0) is 22.9. The van der Waals surface area contributed by atoms with E-state index in [1.165, 1.54) is 16.5 Å². The molecule has 1 aliphatic rings. The maximum atomic E-state index is 13.4. The minimum Gasteiger partial charge on any atom is -0.372 e. The van der Waals surface area contributed by atoms with Crippen LogP contribution in [-0.4, -0.2) is 43.1 Å². The largest absolute Gasteiger partial charge is 0.372 e. The Bertz CT molecular complexity index is 1380. The van der Waals surface area contributed by atoms with E-state index in [2.05, 4.69) is 4.98 Å². The summed E-state index contributed by atoms with van der Waals surface area (Å²) in [4.78, 5) is 19.4. The van der Waals surface area contributed by atoms with Crippen molar-refractivity contribution in [2.45, 2.75) is 31.0 Å². The van der Waals surface area contributed by atoms with E-state index < -0.39 is 20.3 Å². The lowest BCUT2D eigenvalue weighted by Crippen LogP contribution is -2.46. The average molecular weight is 451 g/mol. The van der Waals surface area contributed by atoms with Crippen LogP contribution in [0.15, 0.2) is 69.3 Å². The molecule has 1 saturated heterocycles. The molecule has 2 atom stereocenters. The fourth-order valence-corrected chi connectivity index (χ4v) is 5.00. The highest BCUT2D eigenvalue weighted by atomic mass is 32.2. The van der Waals surface area contributed by atoms with Gasteiger partial charge in [0.15, 0.2) is 0 Å². The Morgan fingerprint density at radius 3 is 2.44 bits per heavy atom. The van der Waals surface area contributed by atoms with Crippen molar-refractivity contribution in [1.29, 1.82) is 5.26 Å². The van der Waals surface area contributed by atoms with E-state index in [0.717, 1.165) is 6.08 Å². The Labute approximate surface area is 185 Å². The SMILES string of the molecule is C[C@@H]1CN(c2nc3ccccn3c(=O)c2/C=C(\C#N)S(=O)(=O)c2ccccc2)C[C@H](C)O1. The van der Waals surface area contributed by atoms with Gasteiger partial charge in [0, 0.05) is 19.3 Å². The predicted molar refractivity (Wildman–Crippen MR) is 121 cm³/mol. The maximum absolute atomic E-state index is 13.4. The number of sulfone groups is 1. The number of anilines is 1. The minimum atomic E-state index is -4.11. The molecule has 2 aromatic heterocycles. The third-order valence-corrected chi connectivity index (χ3v) is 6.88. The number of ether oxygens (including phenoxy) is 1. The number of allylic oxidation sites excluding steroid dienone is 1. The fourth-order valence-electron chi connectivity index (χ4n) is 3.84. The van der Waals surface area contributed by atoms with Crippen LogP contribution in [0.25, 0.3) is 11.7 Å². The number of hydrogen-bond donors (Lipinski definition) is 0. The average Bonchev–Trinajstić information content (AvgIpc) is 2.78. The molecule has 8 nitrogen and oxygen atoms in total. The van der Waals surface area contributed by atoms with Gasteiger partial charge in [-0.25, -0.2) is 13.4 Å². The summed E-state index contributed by atoms with van der Waals surface area (Å²) in [6.07, 6.45) is 2.50. The Morgan fingerprint density at radius 1 is 1.12 bits per heavy atom. The monoisotopic (exact) mass is 450 g/mol. The van der Waals surface area contributed by atoms with Crippen molar-refractivity contribution in [3.8, 4) is 6.07 Å². The highest BCUT2D eigenvalue weighted by molar-refractivity contribution is 7.95. The number of aromatic nitrogens is 2. The summed E-state index contributed by atoms with van der Waals surface area (Å²) >= 11 is 0. The van der Waals surface area contributed by atoms with Crippen molar-refractivity contribution < 1.29 is 13.2 Å². The maximum Gasteiger partial charge on any atom is 0.267 e. The number of nitriles is 1. The van der Waals surface area contributed by atoms with Crippen LogP contribution in [0, 0.1) is 11.3 Å². The van der Waals surface area contributed by atoms with E-state index in [-0.39, 0.29) is 22.7 Å². The first kappa shape index (κ1) is 21.7. The Morgan fingerprint density at radius 2 is 1.78 bits per heavy atom. The number of pyridine rings is 1. The second kappa shape index (κ2) is 8.57. The highest BCUT2D eigenvalue weighted by Gasteiger charge is 2.28.